The van der Waals surface area contributed by atoms with Gasteiger partial charge in [0.2, 0.25) is 11.8 Å². The Bertz CT molecular complexity index is 840. The Morgan fingerprint density at radius 2 is 1.84 bits per heavy atom. The molecule has 2 aromatic heterocycles. The summed E-state index contributed by atoms with van der Waals surface area (Å²) in [6, 6.07) is 12.2. The highest BCUT2D eigenvalue weighted by molar-refractivity contribution is 5.88. The molecule has 1 atom stereocenters. The monoisotopic (exact) mass is 337 g/mol. The third-order valence-electron chi connectivity index (χ3n) is 3.77. The van der Waals surface area contributed by atoms with Gasteiger partial charge in [-0.05, 0) is 17.7 Å². The number of nitrogens with one attached hydrogen (secondary N) is 2. The molecular weight excluding hydrogens is 318 g/mol. The van der Waals surface area contributed by atoms with Crippen LogP contribution in [0.15, 0.2) is 67.3 Å². The Labute approximate surface area is 145 Å². The maximum Gasteiger partial charge on any atom is 0.246 e. The molecule has 2 heterocycles. The smallest absolute Gasteiger partial charge is 0.246 e. The number of amides is 2. The summed E-state index contributed by atoms with van der Waals surface area (Å²) in [5.74, 6) is -0.562. The zero-order valence-corrected chi connectivity index (χ0v) is 13.8. The lowest BCUT2D eigenvalue weighted by Crippen LogP contribution is -2.40. The first kappa shape index (κ1) is 16.5. The van der Waals surface area contributed by atoms with Gasteiger partial charge in [0.05, 0.1) is 11.9 Å². The van der Waals surface area contributed by atoms with E-state index >= 15 is 0 Å². The summed E-state index contributed by atoms with van der Waals surface area (Å²) in [5, 5.41) is 9.53. The summed E-state index contributed by atoms with van der Waals surface area (Å²) in [4.78, 5) is 24.5. The van der Waals surface area contributed by atoms with Crippen molar-refractivity contribution in [2.24, 2.45) is 0 Å². The third-order valence-corrected chi connectivity index (χ3v) is 3.77. The lowest BCUT2D eigenvalue weighted by Gasteiger charge is -2.17. The first-order chi connectivity index (χ1) is 12.2. The van der Waals surface area contributed by atoms with Gasteiger partial charge < -0.3 is 15.2 Å². The van der Waals surface area contributed by atoms with E-state index in [0.717, 1.165) is 11.3 Å². The summed E-state index contributed by atoms with van der Waals surface area (Å²) in [6.07, 6.45) is 7.26. The fraction of sp³-hybridized carbons (Fsp3) is 0.167. The number of aromatic nitrogens is 3. The van der Waals surface area contributed by atoms with E-state index in [4.69, 9.17) is 0 Å². The molecule has 2 amide bonds. The van der Waals surface area contributed by atoms with Crippen molar-refractivity contribution in [3.05, 3.63) is 72.8 Å². The van der Waals surface area contributed by atoms with E-state index in [1.807, 2.05) is 47.3 Å². The minimum Gasteiger partial charge on any atom is -0.357 e. The molecule has 0 unspecified atom stereocenters. The van der Waals surface area contributed by atoms with Gasteiger partial charge in [-0.15, -0.1) is 0 Å². The van der Waals surface area contributed by atoms with Gasteiger partial charge in [-0.3, -0.25) is 14.3 Å². The zero-order chi connectivity index (χ0) is 17.6. The Hall–Kier alpha value is -3.35. The van der Waals surface area contributed by atoms with Gasteiger partial charge in [0.25, 0.3) is 0 Å². The maximum atomic E-state index is 12.4. The van der Waals surface area contributed by atoms with Crippen LogP contribution in [0, 0.1) is 0 Å². The SMILES string of the molecule is CNC(=O)[C@@H](NC(=O)Cn1cc(-n2cccc2)cn1)c1ccccc1. The van der Waals surface area contributed by atoms with Gasteiger partial charge in [0.15, 0.2) is 0 Å². The summed E-state index contributed by atoms with van der Waals surface area (Å²) in [6.45, 7) is 0.0294. The van der Waals surface area contributed by atoms with Crippen LogP contribution in [-0.4, -0.2) is 33.2 Å². The first-order valence-corrected chi connectivity index (χ1v) is 7.89. The number of nitrogens with zero attached hydrogens (tertiary/aromatic N) is 3. The van der Waals surface area contributed by atoms with Crippen LogP contribution in [0.3, 0.4) is 0 Å². The predicted molar refractivity (Wildman–Crippen MR) is 92.9 cm³/mol. The van der Waals surface area contributed by atoms with Crippen LogP contribution in [0.5, 0.6) is 0 Å². The molecule has 25 heavy (non-hydrogen) atoms. The Balaban J connectivity index is 1.69. The van der Waals surface area contributed by atoms with Crippen LogP contribution in [0.4, 0.5) is 0 Å². The summed E-state index contributed by atoms with van der Waals surface area (Å²) < 4.78 is 3.44. The number of hydrogen-bond acceptors (Lipinski definition) is 3. The molecule has 128 valence electrons. The molecule has 0 saturated heterocycles. The van der Waals surface area contributed by atoms with Crippen LogP contribution in [0.1, 0.15) is 11.6 Å². The van der Waals surface area contributed by atoms with Crippen LogP contribution in [0.25, 0.3) is 5.69 Å². The number of hydrogen-bond donors (Lipinski definition) is 2. The number of carbonyl (C=O) groups is 2. The van der Waals surface area contributed by atoms with E-state index in [9.17, 15) is 9.59 Å². The van der Waals surface area contributed by atoms with Crippen molar-refractivity contribution < 1.29 is 9.59 Å². The highest BCUT2D eigenvalue weighted by atomic mass is 16.2. The minimum absolute atomic E-state index is 0.0294. The highest BCUT2D eigenvalue weighted by Crippen LogP contribution is 2.13. The van der Waals surface area contributed by atoms with E-state index in [1.165, 1.54) is 4.68 Å². The number of rotatable bonds is 6. The predicted octanol–water partition coefficient (Wildman–Crippen LogP) is 1.28. The van der Waals surface area contributed by atoms with E-state index < -0.39 is 6.04 Å². The Morgan fingerprint density at radius 1 is 1.12 bits per heavy atom. The minimum atomic E-state index is -0.738. The normalized spacial score (nSPS) is 11.7. The number of carbonyl (C=O) groups excluding carboxylic acids is 2. The van der Waals surface area contributed by atoms with Gasteiger partial charge in [0, 0.05) is 25.6 Å². The molecule has 0 aliphatic heterocycles. The highest BCUT2D eigenvalue weighted by Gasteiger charge is 2.21. The molecule has 3 rings (SSSR count). The van der Waals surface area contributed by atoms with Crippen LogP contribution < -0.4 is 10.6 Å². The van der Waals surface area contributed by atoms with Crippen molar-refractivity contribution in [2.45, 2.75) is 12.6 Å². The average molecular weight is 337 g/mol. The lowest BCUT2D eigenvalue weighted by atomic mass is 10.1. The molecule has 0 aliphatic carbocycles. The van der Waals surface area contributed by atoms with Crippen LogP contribution in [-0.2, 0) is 16.1 Å². The van der Waals surface area contributed by atoms with Gasteiger partial charge >= 0.3 is 0 Å². The van der Waals surface area contributed by atoms with Crippen molar-refractivity contribution in [3.8, 4) is 5.69 Å². The van der Waals surface area contributed by atoms with Crippen LogP contribution >= 0.6 is 0 Å². The summed E-state index contributed by atoms with van der Waals surface area (Å²) >= 11 is 0. The Kier molecular flexibility index (Phi) is 4.94. The molecule has 0 saturated carbocycles. The molecule has 0 spiro atoms. The van der Waals surface area contributed by atoms with Crippen molar-refractivity contribution >= 4 is 11.8 Å². The fourth-order valence-electron chi connectivity index (χ4n) is 2.52. The quantitative estimate of drug-likeness (QED) is 0.711. The van der Waals surface area contributed by atoms with Crippen LogP contribution in [0.2, 0.25) is 0 Å². The first-order valence-electron chi connectivity index (χ1n) is 7.89. The average Bonchev–Trinajstić information content (AvgIpc) is 3.31. The van der Waals surface area contributed by atoms with Gasteiger partial charge in [-0.25, -0.2) is 0 Å². The maximum absolute atomic E-state index is 12.4. The molecule has 7 nitrogen and oxygen atoms in total. The van der Waals surface area contributed by atoms with Gasteiger partial charge in [0.1, 0.15) is 12.6 Å². The van der Waals surface area contributed by atoms with Crippen molar-refractivity contribution in [1.29, 1.82) is 0 Å². The summed E-state index contributed by atoms with van der Waals surface area (Å²) in [7, 11) is 1.54. The fourth-order valence-corrected chi connectivity index (χ4v) is 2.52. The van der Waals surface area contributed by atoms with Crippen molar-refractivity contribution in [2.75, 3.05) is 7.05 Å². The molecule has 3 aromatic rings. The van der Waals surface area contributed by atoms with Gasteiger partial charge in [-0.1, -0.05) is 30.3 Å². The molecule has 0 bridgehead atoms. The molecule has 0 fully saturated rings. The van der Waals surface area contributed by atoms with E-state index in [-0.39, 0.29) is 18.4 Å². The molecule has 7 heteroatoms. The second kappa shape index (κ2) is 7.48. The van der Waals surface area contributed by atoms with E-state index in [0.29, 0.717) is 0 Å². The number of likely N-dealkylation sites (N-methyl/N-ethyl adjacent to an activating group) is 1. The molecule has 1 aromatic carbocycles. The van der Waals surface area contributed by atoms with Crippen molar-refractivity contribution in [3.63, 3.8) is 0 Å². The zero-order valence-electron chi connectivity index (χ0n) is 13.8. The molecule has 2 N–H and O–H groups in total. The third kappa shape index (κ3) is 3.95. The van der Waals surface area contributed by atoms with Gasteiger partial charge in [-0.2, -0.15) is 5.10 Å². The summed E-state index contributed by atoms with van der Waals surface area (Å²) in [5.41, 5.74) is 1.59. The second-order valence-corrected chi connectivity index (χ2v) is 5.51. The van der Waals surface area contributed by atoms with E-state index in [2.05, 4.69) is 15.7 Å². The lowest BCUT2D eigenvalue weighted by molar-refractivity contribution is -0.129. The Morgan fingerprint density at radius 3 is 2.52 bits per heavy atom. The topological polar surface area (TPSA) is 81.0 Å². The molecule has 0 aliphatic rings. The number of benzene rings is 1. The second-order valence-electron chi connectivity index (χ2n) is 5.51. The molecule has 0 radical (unpaired) electrons. The largest absolute Gasteiger partial charge is 0.357 e. The van der Waals surface area contributed by atoms with E-state index in [1.54, 1.807) is 31.6 Å². The van der Waals surface area contributed by atoms with Crippen molar-refractivity contribution in [1.82, 2.24) is 25.0 Å². The molecular formula is C18H19N5O2. The standard InChI is InChI=1S/C18H19N5O2/c1-19-18(25)17(14-7-3-2-4-8-14)21-16(24)13-23-12-15(11-20-23)22-9-5-6-10-22/h2-12,17H,13H2,1H3,(H,19,25)(H,21,24)/t17-/m0/s1.